The Hall–Kier alpha value is -3.43. The summed E-state index contributed by atoms with van der Waals surface area (Å²) in [5.41, 5.74) is 3.52. The Morgan fingerprint density at radius 2 is 2.07 bits per heavy atom. The molecule has 0 saturated carbocycles. The molecule has 3 aromatic rings. The third-order valence-corrected chi connectivity index (χ3v) is 4.79. The average molecular weight is 405 g/mol. The zero-order chi connectivity index (χ0) is 20.8. The summed E-state index contributed by atoms with van der Waals surface area (Å²) >= 11 is 0. The van der Waals surface area contributed by atoms with Gasteiger partial charge in [0.2, 0.25) is 11.9 Å². The minimum Gasteiger partial charge on any atom is -0.394 e. The monoisotopic (exact) mass is 405 g/mol. The summed E-state index contributed by atoms with van der Waals surface area (Å²) in [5.74, 6) is 0.786. The van der Waals surface area contributed by atoms with Crippen LogP contribution in [0.25, 0.3) is 11.4 Å². The van der Waals surface area contributed by atoms with E-state index in [2.05, 4.69) is 35.9 Å². The number of nitrogens with one attached hydrogen (secondary N) is 3. The van der Waals surface area contributed by atoms with Crippen LogP contribution in [0.15, 0.2) is 48.9 Å². The molecule has 1 aliphatic heterocycles. The molecule has 1 atom stereocenters. The summed E-state index contributed by atoms with van der Waals surface area (Å²) in [6.07, 6.45) is 4.64. The summed E-state index contributed by atoms with van der Waals surface area (Å²) < 4.78 is 0. The van der Waals surface area contributed by atoms with Gasteiger partial charge in [0.25, 0.3) is 0 Å². The Morgan fingerprint density at radius 1 is 1.13 bits per heavy atom. The first-order chi connectivity index (χ1) is 14.7. The van der Waals surface area contributed by atoms with Crippen LogP contribution < -0.4 is 16.0 Å². The van der Waals surface area contributed by atoms with E-state index in [0.29, 0.717) is 31.3 Å². The number of amides is 1. The van der Waals surface area contributed by atoms with Crippen LogP contribution in [0.3, 0.4) is 0 Å². The molecular weight excluding hydrogens is 382 g/mol. The number of aliphatic hydroxyl groups is 1. The molecule has 0 spiro atoms. The number of fused-ring (bicyclic) bond motifs is 7. The fraction of sp³-hybridized carbons (Fsp3) is 0.286. The van der Waals surface area contributed by atoms with Gasteiger partial charge in [-0.1, -0.05) is 12.1 Å². The molecule has 6 bridgehead atoms. The van der Waals surface area contributed by atoms with Gasteiger partial charge in [0.05, 0.1) is 6.61 Å². The highest BCUT2D eigenvalue weighted by Crippen LogP contribution is 2.19. The number of rotatable bonds is 1. The van der Waals surface area contributed by atoms with Crippen LogP contribution in [0, 0.1) is 0 Å². The third kappa shape index (κ3) is 4.94. The summed E-state index contributed by atoms with van der Waals surface area (Å²) in [7, 11) is 0. The van der Waals surface area contributed by atoms with Crippen LogP contribution in [0.2, 0.25) is 0 Å². The molecule has 1 amide bonds. The van der Waals surface area contributed by atoms with Gasteiger partial charge in [-0.2, -0.15) is 4.98 Å². The van der Waals surface area contributed by atoms with Crippen LogP contribution in [-0.4, -0.2) is 50.1 Å². The predicted octanol–water partition coefficient (Wildman–Crippen LogP) is 1.19. The van der Waals surface area contributed by atoms with Gasteiger partial charge < -0.3 is 15.7 Å². The number of hydrogen-bond acceptors (Lipinski definition) is 8. The molecule has 4 rings (SSSR count). The topological polar surface area (TPSA) is 125 Å². The maximum absolute atomic E-state index is 12.4. The first-order valence-corrected chi connectivity index (χ1v) is 9.83. The molecule has 154 valence electrons. The zero-order valence-corrected chi connectivity index (χ0v) is 16.4. The van der Waals surface area contributed by atoms with Gasteiger partial charge in [-0.25, -0.2) is 9.97 Å². The van der Waals surface area contributed by atoms with E-state index in [1.807, 2.05) is 36.4 Å². The van der Waals surface area contributed by atoms with E-state index in [9.17, 15) is 9.90 Å². The highest BCUT2D eigenvalue weighted by atomic mass is 16.3. The van der Waals surface area contributed by atoms with Crippen molar-refractivity contribution >= 4 is 17.5 Å². The number of carbonyl (C=O) groups is 1. The van der Waals surface area contributed by atoms with Crippen molar-refractivity contribution in [1.82, 2.24) is 30.6 Å². The number of aliphatic hydroxyl groups excluding tert-OH is 1. The normalized spacial score (nSPS) is 17.2. The van der Waals surface area contributed by atoms with Gasteiger partial charge in [-0.15, -0.1) is 0 Å². The molecule has 9 heteroatoms. The van der Waals surface area contributed by atoms with Crippen molar-refractivity contribution < 1.29 is 9.90 Å². The Labute approximate surface area is 174 Å². The second kappa shape index (κ2) is 9.38. The molecule has 3 heterocycles. The lowest BCUT2D eigenvalue weighted by Crippen LogP contribution is -2.46. The Morgan fingerprint density at radius 3 is 2.97 bits per heavy atom. The molecule has 0 aliphatic carbocycles. The van der Waals surface area contributed by atoms with E-state index >= 15 is 0 Å². The van der Waals surface area contributed by atoms with Gasteiger partial charge in [-0.05, 0) is 42.7 Å². The number of benzene rings is 1. The quantitative estimate of drug-likeness (QED) is 0.476. The molecule has 2 aromatic heterocycles. The Balaban J connectivity index is 1.65. The predicted molar refractivity (Wildman–Crippen MR) is 112 cm³/mol. The maximum Gasteiger partial charge on any atom is 0.239 e. The number of hydrogen-bond donors (Lipinski definition) is 4. The maximum atomic E-state index is 12.4. The smallest absolute Gasteiger partial charge is 0.239 e. The summed E-state index contributed by atoms with van der Waals surface area (Å²) in [4.78, 5) is 29.8. The van der Waals surface area contributed by atoms with Crippen molar-refractivity contribution in [2.45, 2.75) is 25.4 Å². The SMILES string of the molecule is O=C1NCCCc2cc(ccn2)-c2ncnc(n2)Nc2cccc(c2)CN[C@H]1CO. The summed E-state index contributed by atoms with van der Waals surface area (Å²) in [6.45, 7) is 0.657. The van der Waals surface area contributed by atoms with Crippen molar-refractivity contribution in [1.29, 1.82) is 0 Å². The first-order valence-electron chi connectivity index (χ1n) is 9.83. The lowest BCUT2D eigenvalue weighted by molar-refractivity contribution is -0.124. The van der Waals surface area contributed by atoms with Crippen LogP contribution in [0.4, 0.5) is 11.6 Å². The molecule has 1 aromatic carbocycles. The van der Waals surface area contributed by atoms with Crippen molar-refractivity contribution in [3.63, 3.8) is 0 Å². The Bertz CT molecular complexity index is 1030. The third-order valence-electron chi connectivity index (χ3n) is 4.79. The molecule has 30 heavy (non-hydrogen) atoms. The summed E-state index contributed by atoms with van der Waals surface area (Å²) in [6, 6.07) is 10.8. The number of carbonyl (C=O) groups excluding carboxylic acids is 1. The Kier molecular flexibility index (Phi) is 6.21. The van der Waals surface area contributed by atoms with E-state index in [1.54, 1.807) is 6.20 Å². The van der Waals surface area contributed by atoms with E-state index in [4.69, 9.17) is 0 Å². The number of pyridine rings is 1. The largest absolute Gasteiger partial charge is 0.394 e. The molecule has 0 radical (unpaired) electrons. The van der Waals surface area contributed by atoms with E-state index < -0.39 is 6.04 Å². The highest BCUT2D eigenvalue weighted by molar-refractivity contribution is 5.81. The lowest BCUT2D eigenvalue weighted by atomic mass is 10.1. The van der Waals surface area contributed by atoms with Crippen molar-refractivity contribution in [3.05, 3.63) is 60.2 Å². The number of aryl methyl sites for hydroxylation is 1. The second-order valence-corrected chi connectivity index (χ2v) is 7.00. The van der Waals surface area contributed by atoms with Gasteiger partial charge in [-0.3, -0.25) is 15.1 Å². The molecule has 0 fully saturated rings. The molecule has 4 N–H and O–H groups in total. The second-order valence-electron chi connectivity index (χ2n) is 7.00. The van der Waals surface area contributed by atoms with Gasteiger partial charge in [0, 0.05) is 36.2 Å². The van der Waals surface area contributed by atoms with Crippen LogP contribution >= 0.6 is 0 Å². The number of anilines is 2. The number of aromatic nitrogens is 4. The van der Waals surface area contributed by atoms with Crippen molar-refractivity contribution in [3.8, 4) is 11.4 Å². The minimum absolute atomic E-state index is 0.220. The first kappa shape index (κ1) is 19.9. The summed E-state index contributed by atoms with van der Waals surface area (Å²) in [5, 5.41) is 18.8. The average Bonchev–Trinajstić information content (AvgIpc) is 2.77. The molecule has 1 aliphatic rings. The fourth-order valence-electron chi connectivity index (χ4n) is 3.22. The fourth-order valence-corrected chi connectivity index (χ4v) is 3.22. The molecule has 0 unspecified atom stereocenters. The van der Waals surface area contributed by atoms with E-state index in [1.165, 1.54) is 6.33 Å². The van der Waals surface area contributed by atoms with Crippen LogP contribution in [-0.2, 0) is 17.8 Å². The van der Waals surface area contributed by atoms with Crippen LogP contribution in [0.5, 0.6) is 0 Å². The van der Waals surface area contributed by atoms with E-state index in [-0.39, 0.29) is 12.5 Å². The molecule has 9 nitrogen and oxygen atoms in total. The zero-order valence-electron chi connectivity index (χ0n) is 16.4. The van der Waals surface area contributed by atoms with Crippen molar-refractivity contribution in [2.75, 3.05) is 18.5 Å². The molecular formula is C21H23N7O2. The van der Waals surface area contributed by atoms with Gasteiger partial charge in [0.15, 0.2) is 5.82 Å². The lowest BCUT2D eigenvalue weighted by Gasteiger charge is -2.17. The van der Waals surface area contributed by atoms with Gasteiger partial charge in [0.1, 0.15) is 12.4 Å². The van der Waals surface area contributed by atoms with Gasteiger partial charge >= 0.3 is 0 Å². The minimum atomic E-state index is -0.673. The van der Waals surface area contributed by atoms with Crippen molar-refractivity contribution in [2.24, 2.45) is 0 Å². The number of nitrogens with zero attached hydrogens (tertiary/aromatic N) is 4. The molecule has 0 saturated heterocycles. The van der Waals surface area contributed by atoms with Crippen LogP contribution in [0.1, 0.15) is 17.7 Å². The van der Waals surface area contributed by atoms with E-state index in [0.717, 1.165) is 28.9 Å². The highest BCUT2D eigenvalue weighted by Gasteiger charge is 2.16. The standard InChI is InChI=1S/C21H23N7O2/c29-12-18-20(30)23-7-2-5-16-10-15(6-8-22-16)19-25-13-26-21(28-19)27-17-4-1-3-14(9-17)11-24-18/h1,3-4,6,8-10,13,18,24,29H,2,5,7,11-12H2,(H,23,30)(H,25,26,27,28)/t18-/m0/s1.